The first-order valence-electron chi connectivity index (χ1n) is 5.72. The standard InChI is InChI=1S/C10H20N2O6/c1-4(11)10(17)12-2-5-7(14)9(16)8(15)6(3-13)18-5/h4-9,13-16H,2-3,11H2,1H3,(H,12,17)/t4-,5?,6?,7-,8?,9+/m0/s1. The van der Waals surface area contributed by atoms with Gasteiger partial charge in [0.1, 0.15) is 30.5 Å². The van der Waals surface area contributed by atoms with E-state index in [1.807, 2.05) is 0 Å². The Kier molecular flexibility index (Phi) is 5.45. The molecule has 1 rings (SSSR count). The molecule has 0 saturated carbocycles. The summed E-state index contributed by atoms with van der Waals surface area (Å²) in [5, 5.41) is 40.1. The normalized spacial score (nSPS) is 38.2. The van der Waals surface area contributed by atoms with E-state index in [1.54, 1.807) is 0 Å². The molecule has 0 bridgehead atoms. The van der Waals surface area contributed by atoms with E-state index in [4.69, 9.17) is 15.6 Å². The molecule has 1 aliphatic heterocycles. The Morgan fingerprint density at radius 3 is 2.33 bits per heavy atom. The van der Waals surface area contributed by atoms with Crippen LogP contribution in [0.5, 0.6) is 0 Å². The second-order valence-electron chi connectivity index (χ2n) is 4.40. The van der Waals surface area contributed by atoms with Gasteiger partial charge in [-0.3, -0.25) is 4.79 Å². The van der Waals surface area contributed by atoms with Crippen LogP contribution in [0.4, 0.5) is 0 Å². The van der Waals surface area contributed by atoms with Crippen molar-refractivity contribution < 1.29 is 30.0 Å². The molecule has 0 aromatic heterocycles. The lowest BCUT2D eigenvalue weighted by molar-refractivity contribution is -0.227. The zero-order chi connectivity index (χ0) is 13.9. The van der Waals surface area contributed by atoms with Crippen LogP contribution in [0.15, 0.2) is 0 Å². The molecule has 1 aliphatic rings. The lowest BCUT2D eigenvalue weighted by atomic mass is 9.95. The van der Waals surface area contributed by atoms with Crippen LogP contribution in [-0.4, -0.2) is 76.0 Å². The number of aliphatic hydroxyl groups is 4. The number of nitrogens with one attached hydrogen (secondary N) is 1. The number of carbonyl (C=O) groups is 1. The Morgan fingerprint density at radius 2 is 1.83 bits per heavy atom. The van der Waals surface area contributed by atoms with Gasteiger partial charge in [-0.15, -0.1) is 0 Å². The van der Waals surface area contributed by atoms with Gasteiger partial charge in [-0.2, -0.15) is 0 Å². The summed E-state index contributed by atoms with van der Waals surface area (Å²) in [6.07, 6.45) is -6.07. The average molecular weight is 264 g/mol. The molecule has 106 valence electrons. The van der Waals surface area contributed by atoms with E-state index in [-0.39, 0.29) is 6.54 Å². The van der Waals surface area contributed by atoms with E-state index in [0.717, 1.165) is 0 Å². The summed E-state index contributed by atoms with van der Waals surface area (Å²) >= 11 is 0. The number of ether oxygens (including phenoxy) is 1. The van der Waals surface area contributed by atoms with Gasteiger partial charge in [-0.25, -0.2) is 0 Å². The zero-order valence-electron chi connectivity index (χ0n) is 10.1. The number of aliphatic hydroxyl groups excluding tert-OH is 4. The van der Waals surface area contributed by atoms with Crippen molar-refractivity contribution in [1.29, 1.82) is 0 Å². The fourth-order valence-corrected chi connectivity index (χ4v) is 1.71. The lowest BCUT2D eigenvalue weighted by Crippen LogP contribution is -2.61. The summed E-state index contributed by atoms with van der Waals surface area (Å²) < 4.78 is 5.20. The number of nitrogens with two attached hydrogens (primary N) is 1. The second-order valence-corrected chi connectivity index (χ2v) is 4.40. The predicted molar refractivity (Wildman–Crippen MR) is 60.4 cm³/mol. The van der Waals surface area contributed by atoms with E-state index >= 15 is 0 Å². The first kappa shape index (κ1) is 15.3. The van der Waals surface area contributed by atoms with Gasteiger partial charge in [0, 0.05) is 6.54 Å². The fourth-order valence-electron chi connectivity index (χ4n) is 1.71. The molecule has 7 N–H and O–H groups in total. The van der Waals surface area contributed by atoms with Gasteiger partial charge >= 0.3 is 0 Å². The van der Waals surface area contributed by atoms with Crippen molar-refractivity contribution in [3.05, 3.63) is 0 Å². The van der Waals surface area contributed by atoms with Crippen molar-refractivity contribution in [1.82, 2.24) is 5.32 Å². The van der Waals surface area contributed by atoms with Crippen LogP contribution in [0.2, 0.25) is 0 Å². The molecular formula is C10H20N2O6. The van der Waals surface area contributed by atoms with Crippen molar-refractivity contribution in [2.45, 2.75) is 43.5 Å². The van der Waals surface area contributed by atoms with Gasteiger partial charge in [0.15, 0.2) is 0 Å². The summed E-state index contributed by atoms with van der Waals surface area (Å²) in [6, 6.07) is -0.699. The lowest BCUT2D eigenvalue weighted by Gasteiger charge is -2.40. The minimum Gasteiger partial charge on any atom is -0.394 e. The predicted octanol–water partition coefficient (Wildman–Crippen LogP) is -3.71. The van der Waals surface area contributed by atoms with Crippen LogP contribution in [-0.2, 0) is 9.53 Å². The third-order valence-electron chi connectivity index (χ3n) is 2.88. The minimum atomic E-state index is -1.44. The molecule has 18 heavy (non-hydrogen) atoms. The Morgan fingerprint density at radius 1 is 1.28 bits per heavy atom. The Labute approximate surface area is 104 Å². The topological polar surface area (TPSA) is 145 Å². The first-order valence-corrected chi connectivity index (χ1v) is 5.72. The molecule has 0 radical (unpaired) electrons. The summed E-state index contributed by atoms with van der Waals surface area (Å²) in [5.74, 6) is -0.424. The Hall–Kier alpha value is -0.770. The minimum absolute atomic E-state index is 0.0676. The van der Waals surface area contributed by atoms with E-state index in [9.17, 15) is 20.1 Å². The molecule has 1 heterocycles. The summed E-state index contributed by atoms with van der Waals surface area (Å²) in [7, 11) is 0. The highest BCUT2D eigenvalue weighted by atomic mass is 16.5. The van der Waals surface area contributed by atoms with Gasteiger partial charge in [-0.1, -0.05) is 0 Å². The molecule has 8 heteroatoms. The molecule has 3 unspecified atom stereocenters. The number of rotatable bonds is 4. The van der Waals surface area contributed by atoms with Gasteiger partial charge < -0.3 is 36.2 Å². The third kappa shape index (κ3) is 3.37. The van der Waals surface area contributed by atoms with E-state index in [2.05, 4.69) is 5.32 Å². The summed E-state index contributed by atoms with van der Waals surface area (Å²) in [4.78, 5) is 11.3. The van der Waals surface area contributed by atoms with Crippen molar-refractivity contribution in [3.63, 3.8) is 0 Å². The van der Waals surface area contributed by atoms with Crippen LogP contribution in [0.3, 0.4) is 0 Å². The highest BCUT2D eigenvalue weighted by molar-refractivity contribution is 5.80. The quantitative estimate of drug-likeness (QED) is 0.306. The number of amides is 1. The fraction of sp³-hybridized carbons (Fsp3) is 0.900. The van der Waals surface area contributed by atoms with Gasteiger partial charge in [0.05, 0.1) is 12.6 Å². The van der Waals surface area contributed by atoms with Crippen LogP contribution >= 0.6 is 0 Å². The van der Waals surface area contributed by atoms with E-state index < -0.39 is 49.1 Å². The molecule has 0 aromatic rings. The maximum absolute atomic E-state index is 11.3. The van der Waals surface area contributed by atoms with Gasteiger partial charge in [0.25, 0.3) is 0 Å². The maximum atomic E-state index is 11.3. The SMILES string of the molecule is C[C@H](N)C(=O)NCC1OC(CO)C(O)[C@H](O)[C@H]1O. The number of hydrogen-bond acceptors (Lipinski definition) is 7. The molecule has 0 aliphatic carbocycles. The average Bonchev–Trinajstić information content (AvgIpc) is 2.34. The molecule has 0 aromatic carbocycles. The van der Waals surface area contributed by atoms with Crippen LogP contribution in [0.1, 0.15) is 6.92 Å². The smallest absolute Gasteiger partial charge is 0.236 e. The van der Waals surface area contributed by atoms with Gasteiger partial charge in [-0.05, 0) is 6.92 Å². The molecule has 1 saturated heterocycles. The molecular weight excluding hydrogens is 244 g/mol. The number of carbonyl (C=O) groups excluding carboxylic acids is 1. The zero-order valence-corrected chi connectivity index (χ0v) is 10.1. The molecule has 8 nitrogen and oxygen atoms in total. The second kappa shape index (κ2) is 6.41. The van der Waals surface area contributed by atoms with E-state index in [0.29, 0.717) is 0 Å². The van der Waals surface area contributed by atoms with Crippen LogP contribution in [0, 0.1) is 0 Å². The van der Waals surface area contributed by atoms with E-state index in [1.165, 1.54) is 6.92 Å². The van der Waals surface area contributed by atoms with Crippen molar-refractivity contribution in [2.75, 3.05) is 13.2 Å². The first-order chi connectivity index (χ1) is 8.38. The van der Waals surface area contributed by atoms with Crippen LogP contribution < -0.4 is 11.1 Å². The largest absolute Gasteiger partial charge is 0.394 e. The highest BCUT2D eigenvalue weighted by Crippen LogP contribution is 2.20. The summed E-state index contributed by atoms with van der Waals surface area (Å²) in [6.45, 7) is 0.938. The molecule has 1 amide bonds. The van der Waals surface area contributed by atoms with Gasteiger partial charge in [0.2, 0.25) is 5.91 Å². The Balaban J connectivity index is 2.57. The monoisotopic (exact) mass is 264 g/mol. The number of hydrogen-bond donors (Lipinski definition) is 6. The molecule has 1 fully saturated rings. The van der Waals surface area contributed by atoms with Crippen molar-refractivity contribution >= 4 is 5.91 Å². The summed E-state index contributed by atoms with van der Waals surface area (Å²) in [5.41, 5.74) is 5.34. The molecule has 0 spiro atoms. The maximum Gasteiger partial charge on any atom is 0.236 e. The Bertz CT molecular complexity index is 286. The third-order valence-corrected chi connectivity index (χ3v) is 2.88. The highest BCUT2D eigenvalue weighted by Gasteiger charge is 2.43. The van der Waals surface area contributed by atoms with Crippen LogP contribution in [0.25, 0.3) is 0 Å². The van der Waals surface area contributed by atoms with Crippen molar-refractivity contribution in [3.8, 4) is 0 Å². The molecule has 6 atom stereocenters. The van der Waals surface area contributed by atoms with Crippen molar-refractivity contribution in [2.24, 2.45) is 5.73 Å².